The van der Waals surface area contributed by atoms with Crippen molar-refractivity contribution in [3.05, 3.63) is 0 Å². The van der Waals surface area contributed by atoms with E-state index in [1.165, 1.54) is 0 Å². The van der Waals surface area contributed by atoms with E-state index in [1.54, 1.807) is 0 Å². The van der Waals surface area contributed by atoms with Crippen LogP contribution < -0.4 is 40.4 Å². The predicted molar refractivity (Wildman–Crippen MR) is 44.9 cm³/mol. The van der Waals surface area contributed by atoms with Crippen LogP contribution in [0.3, 0.4) is 0 Å². The summed E-state index contributed by atoms with van der Waals surface area (Å²) in [6.07, 6.45) is -0.0587. The summed E-state index contributed by atoms with van der Waals surface area (Å²) in [5, 5.41) is 9.95. The number of carboxylic acid groups (broad SMARTS) is 1. The molecular weight excluding hydrogens is 197 g/mol. The largest absolute Gasteiger partial charge is 1.00 e. The van der Waals surface area contributed by atoms with Crippen LogP contribution >= 0.6 is 0 Å². The van der Waals surface area contributed by atoms with Gasteiger partial charge >= 0.3 is 29.6 Å². The average molecular weight is 213 g/mol. The van der Waals surface area contributed by atoms with Crippen molar-refractivity contribution in [2.75, 3.05) is 26.4 Å². The molecule has 5 nitrogen and oxygen atoms in total. The quantitative estimate of drug-likeness (QED) is 0.324. The summed E-state index contributed by atoms with van der Waals surface area (Å²) in [4.78, 5) is 9.95. The number of rotatable bonds is 8. The van der Waals surface area contributed by atoms with E-state index in [0.717, 1.165) is 0 Å². The van der Waals surface area contributed by atoms with Gasteiger partial charge in [0, 0.05) is 18.9 Å². The summed E-state index contributed by atoms with van der Waals surface area (Å²) in [5.74, 6) is -1.10. The van der Waals surface area contributed by atoms with Gasteiger partial charge in [0.05, 0.1) is 25.9 Å². The smallest absolute Gasteiger partial charge is 0.550 e. The molecule has 0 fully saturated rings. The molecule has 0 rings (SSSR count). The third-order valence-corrected chi connectivity index (χ3v) is 1.41. The SMILES string of the molecule is CC(CN)OCCOCCC(=O)[O-].[Na+]. The minimum absolute atomic E-state index is 0. The Bertz CT molecular complexity index is 145. The van der Waals surface area contributed by atoms with Crippen molar-refractivity contribution in [3.8, 4) is 0 Å². The van der Waals surface area contributed by atoms with E-state index < -0.39 is 5.97 Å². The van der Waals surface area contributed by atoms with Gasteiger partial charge in [-0.2, -0.15) is 0 Å². The normalized spacial score (nSPS) is 11.9. The van der Waals surface area contributed by atoms with Gasteiger partial charge in [0.25, 0.3) is 0 Å². The monoisotopic (exact) mass is 213 g/mol. The average Bonchev–Trinajstić information content (AvgIpc) is 2.10. The second-order valence-corrected chi connectivity index (χ2v) is 2.65. The Morgan fingerprint density at radius 3 is 2.57 bits per heavy atom. The molecule has 0 aliphatic carbocycles. The molecule has 0 aromatic rings. The second-order valence-electron chi connectivity index (χ2n) is 2.65. The standard InChI is InChI=1S/C8H17NO4.Na/c1-7(6-9)13-5-4-12-3-2-8(10)11;/h7H,2-6,9H2,1H3,(H,10,11);/q;+1/p-1. The maximum Gasteiger partial charge on any atom is 1.00 e. The van der Waals surface area contributed by atoms with Crippen LogP contribution in [0.15, 0.2) is 0 Å². The molecule has 0 amide bonds. The molecule has 0 spiro atoms. The van der Waals surface area contributed by atoms with Crippen molar-refractivity contribution < 1.29 is 48.9 Å². The summed E-state index contributed by atoms with van der Waals surface area (Å²) in [6.45, 7) is 3.33. The van der Waals surface area contributed by atoms with Crippen molar-refractivity contribution >= 4 is 5.97 Å². The number of carbonyl (C=O) groups is 1. The maximum atomic E-state index is 9.95. The van der Waals surface area contributed by atoms with Crippen LogP contribution in [0, 0.1) is 0 Å². The van der Waals surface area contributed by atoms with Crippen molar-refractivity contribution in [2.45, 2.75) is 19.4 Å². The molecule has 0 aromatic carbocycles. The number of aliphatic carboxylic acids is 1. The van der Waals surface area contributed by atoms with Crippen LogP contribution in [0.4, 0.5) is 0 Å². The third-order valence-electron chi connectivity index (χ3n) is 1.41. The molecule has 0 aliphatic rings. The van der Waals surface area contributed by atoms with Crippen molar-refractivity contribution in [1.29, 1.82) is 0 Å². The molecule has 78 valence electrons. The van der Waals surface area contributed by atoms with Gasteiger partial charge in [-0.25, -0.2) is 0 Å². The van der Waals surface area contributed by atoms with Crippen molar-refractivity contribution in [3.63, 3.8) is 0 Å². The van der Waals surface area contributed by atoms with Gasteiger partial charge in [0.1, 0.15) is 0 Å². The predicted octanol–water partition coefficient (Wildman–Crippen LogP) is -4.49. The van der Waals surface area contributed by atoms with Crippen LogP contribution in [0.25, 0.3) is 0 Å². The molecule has 1 unspecified atom stereocenters. The van der Waals surface area contributed by atoms with E-state index >= 15 is 0 Å². The van der Waals surface area contributed by atoms with E-state index in [-0.39, 0.29) is 48.7 Å². The third kappa shape index (κ3) is 12.3. The molecule has 0 saturated heterocycles. The number of ether oxygens (including phenoxy) is 2. The van der Waals surface area contributed by atoms with Crippen LogP contribution in [0.1, 0.15) is 13.3 Å². The molecule has 0 aromatic heterocycles. The summed E-state index contributed by atoms with van der Waals surface area (Å²) in [6, 6.07) is 0. The summed E-state index contributed by atoms with van der Waals surface area (Å²) in [5.41, 5.74) is 5.30. The molecule has 0 aliphatic heterocycles. The van der Waals surface area contributed by atoms with Gasteiger partial charge in [0.2, 0.25) is 0 Å². The summed E-state index contributed by atoms with van der Waals surface area (Å²) in [7, 11) is 0. The number of carboxylic acids is 1. The molecule has 0 saturated carbocycles. The Morgan fingerprint density at radius 2 is 2.07 bits per heavy atom. The molecule has 0 bridgehead atoms. The number of hydrogen-bond donors (Lipinski definition) is 1. The number of carbonyl (C=O) groups excluding carboxylic acids is 1. The van der Waals surface area contributed by atoms with E-state index in [0.29, 0.717) is 19.8 Å². The fraction of sp³-hybridized carbons (Fsp3) is 0.875. The first-order valence-corrected chi connectivity index (χ1v) is 4.26. The fourth-order valence-corrected chi connectivity index (χ4v) is 0.634. The van der Waals surface area contributed by atoms with Crippen LogP contribution in [-0.4, -0.2) is 38.4 Å². The van der Waals surface area contributed by atoms with Crippen molar-refractivity contribution in [2.24, 2.45) is 5.73 Å². The summed E-state index contributed by atoms with van der Waals surface area (Å²) >= 11 is 0. The topological polar surface area (TPSA) is 84.6 Å². The van der Waals surface area contributed by atoms with Gasteiger partial charge < -0.3 is 25.1 Å². The van der Waals surface area contributed by atoms with Gasteiger partial charge in [-0.3, -0.25) is 0 Å². The first kappa shape index (κ1) is 16.8. The van der Waals surface area contributed by atoms with Crippen LogP contribution in [-0.2, 0) is 14.3 Å². The Balaban J connectivity index is 0. The first-order valence-electron chi connectivity index (χ1n) is 4.26. The van der Waals surface area contributed by atoms with E-state index in [9.17, 15) is 9.90 Å². The van der Waals surface area contributed by atoms with Gasteiger partial charge in [-0.15, -0.1) is 0 Å². The molecule has 0 heterocycles. The minimum Gasteiger partial charge on any atom is -0.550 e. The van der Waals surface area contributed by atoms with Gasteiger partial charge in [-0.05, 0) is 6.92 Å². The van der Waals surface area contributed by atoms with Crippen LogP contribution in [0.2, 0.25) is 0 Å². The van der Waals surface area contributed by atoms with Gasteiger partial charge in [-0.1, -0.05) is 0 Å². The Kier molecular flexibility index (Phi) is 13.7. The zero-order chi connectivity index (χ0) is 10.1. The molecule has 14 heavy (non-hydrogen) atoms. The second kappa shape index (κ2) is 11.4. The minimum atomic E-state index is -1.10. The molecule has 0 radical (unpaired) electrons. The van der Waals surface area contributed by atoms with E-state index in [4.69, 9.17) is 15.2 Å². The molecular formula is C8H16NNaO4. The Morgan fingerprint density at radius 1 is 1.43 bits per heavy atom. The number of hydrogen-bond acceptors (Lipinski definition) is 5. The molecule has 2 N–H and O–H groups in total. The van der Waals surface area contributed by atoms with Crippen molar-refractivity contribution in [1.82, 2.24) is 0 Å². The van der Waals surface area contributed by atoms with Gasteiger partial charge in [0.15, 0.2) is 0 Å². The fourth-order valence-electron chi connectivity index (χ4n) is 0.634. The Labute approximate surface area is 106 Å². The summed E-state index contributed by atoms with van der Waals surface area (Å²) < 4.78 is 10.1. The maximum absolute atomic E-state index is 9.95. The molecule has 6 heteroatoms. The van der Waals surface area contributed by atoms with Crippen LogP contribution in [0.5, 0.6) is 0 Å². The zero-order valence-electron chi connectivity index (χ0n) is 8.82. The first-order chi connectivity index (χ1) is 6.16. The Hall–Kier alpha value is 0.350. The zero-order valence-corrected chi connectivity index (χ0v) is 10.8. The molecule has 1 atom stereocenters. The van der Waals surface area contributed by atoms with E-state index in [2.05, 4.69) is 0 Å². The van der Waals surface area contributed by atoms with E-state index in [1.807, 2.05) is 6.92 Å². The number of nitrogens with two attached hydrogens (primary N) is 1.